The van der Waals surface area contributed by atoms with Gasteiger partial charge in [-0.1, -0.05) is 0 Å². The van der Waals surface area contributed by atoms with Gasteiger partial charge in [0.2, 0.25) is 0 Å². The van der Waals surface area contributed by atoms with Crippen molar-refractivity contribution in [1.82, 2.24) is 0 Å². The summed E-state index contributed by atoms with van der Waals surface area (Å²) < 4.78 is -0.198. The first-order chi connectivity index (χ1) is 22.7. The van der Waals surface area contributed by atoms with E-state index in [1.54, 1.807) is 0 Å². The minimum atomic E-state index is -3.04. The summed E-state index contributed by atoms with van der Waals surface area (Å²) in [5.74, 6) is 0. The number of halogens is 3. The average molecular weight is 842 g/mol. The Morgan fingerprint density at radius 1 is 0.352 bits per heavy atom. The maximum Gasteiger partial charge on any atom is -1.00 e. The molecule has 0 radical (unpaired) electrons. The van der Waals surface area contributed by atoms with Crippen LogP contribution in [0.15, 0.2) is 77.9 Å². The number of allylic oxidation sites excluding steroid dienone is 4. The van der Waals surface area contributed by atoms with Crippen molar-refractivity contribution in [3.63, 3.8) is 0 Å². The zero-order valence-corrected chi connectivity index (χ0v) is 42.3. The van der Waals surface area contributed by atoms with Crippen molar-refractivity contribution in [2.45, 2.75) is 174 Å². The second kappa shape index (κ2) is 16.3. The molecule has 3 aromatic carbocycles. The fourth-order valence-electron chi connectivity index (χ4n) is 7.68. The van der Waals surface area contributed by atoms with E-state index in [0.29, 0.717) is 0 Å². The molecule has 3 aromatic rings. The van der Waals surface area contributed by atoms with Crippen molar-refractivity contribution in [3.8, 4) is 0 Å². The van der Waals surface area contributed by atoms with Crippen LogP contribution in [0.5, 0.6) is 0 Å². The molecule has 0 heterocycles. The van der Waals surface area contributed by atoms with Gasteiger partial charge in [-0.15, -0.1) is 0 Å². The summed E-state index contributed by atoms with van der Waals surface area (Å²) in [7, 11) is -3.04. The number of hydrogen-bond donors (Lipinski definition) is 0. The van der Waals surface area contributed by atoms with Crippen LogP contribution in [0.4, 0.5) is 0 Å². The second-order valence-corrected chi connectivity index (χ2v) is 28.0. The molecule has 1 aliphatic carbocycles. The monoisotopic (exact) mass is 840 g/mol. The Morgan fingerprint density at radius 3 is 0.667 bits per heavy atom. The molecule has 1 aliphatic rings. The van der Waals surface area contributed by atoms with Crippen molar-refractivity contribution in [2.75, 3.05) is 0 Å². The molecule has 4 rings (SSSR count). The minimum Gasteiger partial charge on any atom is -1.00 e. The summed E-state index contributed by atoms with van der Waals surface area (Å²) >= 11 is 2.62. The Balaban J connectivity index is 0.00000486. The first-order valence-corrected chi connectivity index (χ1v) is 22.1. The van der Waals surface area contributed by atoms with E-state index in [2.05, 4.69) is 226 Å². The molecule has 0 saturated heterocycles. The van der Waals surface area contributed by atoms with Crippen molar-refractivity contribution >= 4 is 23.6 Å². The molecular weight excluding hydrogens is 771 g/mol. The van der Waals surface area contributed by atoms with Crippen molar-refractivity contribution in [3.05, 3.63) is 111 Å². The molecule has 0 amide bonds. The van der Waals surface area contributed by atoms with E-state index >= 15 is 0 Å². The van der Waals surface area contributed by atoms with Gasteiger partial charge in [0.05, 0.1) is 0 Å². The van der Waals surface area contributed by atoms with Gasteiger partial charge in [0.1, 0.15) is 0 Å². The van der Waals surface area contributed by atoms with Crippen LogP contribution in [0.3, 0.4) is 0 Å². The van der Waals surface area contributed by atoms with Gasteiger partial charge in [-0.25, -0.2) is 0 Å². The van der Waals surface area contributed by atoms with Crippen LogP contribution < -0.4 is 52.8 Å². The molecule has 0 fully saturated rings. The first-order valence-electron chi connectivity index (χ1n) is 19.4. The Bertz CT molecular complexity index is 1570. The Kier molecular flexibility index (Phi) is 15.4. The van der Waals surface area contributed by atoms with Gasteiger partial charge in [-0.3, -0.25) is 0 Å². The standard InChI is InChI=1S/C49H71Si.3ClH.Ti/c1-32-21-22-33(2)43(32)50(40-26-34(44(3,4)5)23-35(27-40)45(6,7)8,41-28-36(46(9,10)11)24-37(29-41)47(12,13)14)42-30-38(48(15,16)17)25-39(31-42)49(18,19)20;;;;/h21-31H,1-20H3;3*1H;/q;;;;+3/p-3. The molecule has 0 aliphatic heterocycles. The van der Waals surface area contributed by atoms with E-state index in [-0.39, 0.29) is 73.1 Å². The second-order valence-electron chi connectivity index (χ2n) is 22.1. The van der Waals surface area contributed by atoms with E-state index in [4.69, 9.17) is 0 Å². The smallest absolute Gasteiger partial charge is 1.00 e. The van der Waals surface area contributed by atoms with Gasteiger partial charge in [0, 0.05) is 0 Å². The third kappa shape index (κ3) is 9.62. The normalized spacial score (nSPS) is 15.4. The van der Waals surface area contributed by atoms with Crippen LogP contribution >= 0.6 is 0 Å². The first kappa shape index (κ1) is 51.0. The third-order valence-electron chi connectivity index (χ3n) is 11.6. The molecule has 0 bridgehead atoms. The van der Waals surface area contributed by atoms with E-state index in [0.717, 1.165) is 0 Å². The summed E-state index contributed by atoms with van der Waals surface area (Å²) in [6.07, 6.45) is 4.87. The number of hydrogen-bond acceptors (Lipinski definition) is 0. The van der Waals surface area contributed by atoms with Gasteiger partial charge >= 0.3 is 330 Å². The molecule has 5 heteroatoms. The maximum absolute atomic E-state index is 3.04. The predicted molar refractivity (Wildman–Crippen MR) is 226 cm³/mol. The summed E-state index contributed by atoms with van der Waals surface area (Å²) in [6, 6.07) is 23.5. The Labute approximate surface area is 364 Å². The molecule has 0 unspecified atom stereocenters. The quantitative estimate of drug-likeness (QED) is 0.280. The molecule has 0 spiro atoms. The largest absolute Gasteiger partial charge is 1.00 e. The summed E-state index contributed by atoms with van der Waals surface area (Å²) in [5, 5.41) is 4.59. The third-order valence-corrected chi connectivity index (χ3v) is 20.0. The molecule has 54 heavy (non-hydrogen) atoms. The zero-order valence-electron chi connectivity index (χ0n) is 37.5. The van der Waals surface area contributed by atoms with Crippen LogP contribution in [0.1, 0.15) is 172 Å². The SMILES string of the molecule is CC1=CC=C(C)[C]1([Ti+3])[Si](c1cc(C(C)(C)C)cc(C(C)(C)C)c1)(c1cc(C(C)(C)C)cc(C(C)(C)C)c1)c1cc(C(C)(C)C)cc(C(C)(C)C)c1.[Cl-].[Cl-].[Cl-]. The van der Waals surface area contributed by atoms with Crippen molar-refractivity contribution in [1.29, 1.82) is 0 Å². The van der Waals surface area contributed by atoms with Crippen LogP contribution in [-0.4, -0.2) is 8.07 Å². The molecule has 0 atom stereocenters. The summed E-state index contributed by atoms with van der Waals surface area (Å²) in [4.78, 5) is 0. The Morgan fingerprint density at radius 2 is 0.519 bits per heavy atom. The molecule has 296 valence electrons. The van der Waals surface area contributed by atoms with Gasteiger partial charge in [-0.2, -0.15) is 0 Å². The van der Waals surface area contributed by atoms with E-state index in [1.165, 1.54) is 60.1 Å². The number of rotatable bonds is 4. The van der Waals surface area contributed by atoms with Gasteiger partial charge in [-0.05, 0) is 0 Å². The maximum atomic E-state index is 2.66. The van der Waals surface area contributed by atoms with Crippen LogP contribution in [0.25, 0.3) is 0 Å². The minimum absolute atomic E-state index is 0. The van der Waals surface area contributed by atoms with Crippen LogP contribution in [0, 0.1) is 0 Å². The van der Waals surface area contributed by atoms with E-state index in [9.17, 15) is 0 Å². The van der Waals surface area contributed by atoms with E-state index in [1.807, 2.05) is 0 Å². The van der Waals surface area contributed by atoms with Gasteiger partial charge < -0.3 is 37.2 Å². The fourth-order valence-corrected chi connectivity index (χ4v) is 15.9. The Hall–Kier alpha value is -1.06. The van der Waals surface area contributed by atoms with Crippen LogP contribution in [0.2, 0.25) is 3.34 Å². The van der Waals surface area contributed by atoms with Crippen molar-refractivity contribution < 1.29 is 57.7 Å². The van der Waals surface area contributed by atoms with E-state index < -0.39 is 8.07 Å². The summed E-state index contributed by atoms with van der Waals surface area (Å²) in [6.45, 7) is 47.9. The molecule has 0 N–H and O–H groups in total. The molecule has 0 nitrogen and oxygen atoms in total. The average Bonchev–Trinajstić information content (AvgIpc) is 3.22. The van der Waals surface area contributed by atoms with Gasteiger partial charge in [0.25, 0.3) is 0 Å². The van der Waals surface area contributed by atoms with Gasteiger partial charge in [0.15, 0.2) is 0 Å². The fraction of sp³-hybridized carbons (Fsp3) is 0.551. The summed E-state index contributed by atoms with van der Waals surface area (Å²) in [5.41, 5.74) is 11.5. The topological polar surface area (TPSA) is 0 Å². The molecular formula is C49H71Cl3SiTi. The zero-order chi connectivity index (χ0) is 39.1. The molecule has 0 aromatic heterocycles. The number of benzene rings is 3. The molecule has 0 saturated carbocycles. The predicted octanol–water partition coefficient (Wildman–Crippen LogP) is 3.10. The van der Waals surface area contributed by atoms with Crippen molar-refractivity contribution in [2.24, 2.45) is 0 Å². The van der Waals surface area contributed by atoms with Crippen LogP contribution in [-0.2, 0) is 52.9 Å².